The minimum atomic E-state index is -1.22. The Bertz CT molecular complexity index is 933. The van der Waals surface area contributed by atoms with E-state index in [9.17, 15) is 34.2 Å². The number of carbonyl (C=O) groups excluding carboxylic acids is 5. The van der Waals surface area contributed by atoms with Crippen LogP contribution in [0.3, 0.4) is 0 Å². The Hall–Kier alpha value is -2.89. The topological polar surface area (TPSA) is 206 Å². The molecular formula is C27H44N2O14. The number of rotatable bonds is 16. The van der Waals surface area contributed by atoms with Gasteiger partial charge in [0.2, 0.25) is 11.8 Å². The first-order valence-electron chi connectivity index (χ1n) is 14.1. The Balaban J connectivity index is 1.86. The van der Waals surface area contributed by atoms with Gasteiger partial charge in [0.25, 0.3) is 0 Å². The zero-order valence-corrected chi connectivity index (χ0v) is 25.1. The second-order valence-electron chi connectivity index (χ2n) is 10.5. The maximum absolute atomic E-state index is 12.4. The van der Waals surface area contributed by atoms with Gasteiger partial charge < -0.3 is 53.6 Å². The summed E-state index contributed by atoms with van der Waals surface area (Å²) in [6, 6.07) is -1.08. The number of aliphatic hydroxyl groups excluding tert-OH is 2. The van der Waals surface area contributed by atoms with Crippen LogP contribution in [0.1, 0.15) is 40.5 Å². The van der Waals surface area contributed by atoms with E-state index in [1.165, 1.54) is 13.8 Å². The number of esters is 3. The van der Waals surface area contributed by atoms with Gasteiger partial charge in [-0.1, -0.05) is 0 Å². The fourth-order valence-corrected chi connectivity index (χ4v) is 4.72. The quantitative estimate of drug-likeness (QED) is 0.0998. The van der Waals surface area contributed by atoms with Crippen LogP contribution in [0.5, 0.6) is 0 Å². The van der Waals surface area contributed by atoms with E-state index in [0.717, 1.165) is 13.8 Å². The molecule has 0 bridgehead atoms. The zero-order valence-electron chi connectivity index (χ0n) is 25.1. The molecule has 2 saturated heterocycles. The molecule has 0 saturated carbocycles. The predicted octanol–water partition coefficient (Wildman–Crippen LogP) is -1.71. The Morgan fingerprint density at radius 3 is 1.98 bits per heavy atom. The molecule has 246 valence electrons. The van der Waals surface area contributed by atoms with Crippen LogP contribution in [-0.4, -0.2) is 141 Å². The van der Waals surface area contributed by atoms with Gasteiger partial charge >= 0.3 is 17.9 Å². The van der Waals surface area contributed by atoms with Gasteiger partial charge in [-0.15, -0.1) is 0 Å². The van der Waals surface area contributed by atoms with Crippen LogP contribution in [0.25, 0.3) is 0 Å². The summed E-state index contributed by atoms with van der Waals surface area (Å²) < 4.78 is 38.4. The summed E-state index contributed by atoms with van der Waals surface area (Å²) in [5.74, 6) is -2.72. The van der Waals surface area contributed by atoms with Gasteiger partial charge in [0.1, 0.15) is 25.4 Å². The molecule has 2 rings (SSSR count). The van der Waals surface area contributed by atoms with Gasteiger partial charge in [0.05, 0.1) is 39.6 Å². The third kappa shape index (κ3) is 12.0. The smallest absolute Gasteiger partial charge is 0.303 e. The summed E-state index contributed by atoms with van der Waals surface area (Å²) in [6.07, 6.45) is -3.69. The summed E-state index contributed by atoms with van der Waals surface area (Å²) in [6.45, 7) is 5.18. The monoisotopic (exact) mass is 620 g/mol. The molecule has 5 atom stereocenters. The molecule has 3 N–H and O–H groups in total. The van der Waals surface area contributed by atoms with Crippen molar-refractivity contribution in [3.8, 4) is 0 Å². The van der Waals surface area contributed by atoms with E-state index in [1.54, 1.807) is 4.90 Å². The Labute approximate surface area is 250 Å². The van der Waals surface area contributed by atoms with Crippen molar-refractivity contribution in [1.82, 2.24) is 10.2 Å². The Morgan fingerprint density at radius 2 is 1.42 bits per heavy atom. The Kier molecular flexibility index (Phi) is 15.2. The van der Waals surface area contributed by atoms with Crippen LogP contribution >= 0.6 is 0 Å². The van der Waals surface area contributed by atoms with Crippen molar-refractivity contribution in [3.63, 3.8) is 0 Å². The lowest BCUT2D eigenvalue weighted by atomic mass is 9.80. The third-order valence-corrected chi connectivity index (χ3v) is 7.03. The molecular weight excluding hydrogens is 576 g/mol. The summed E-state index contributed by atoms with van der Waals surface area (Å²) >= 11 is 0. The maximum Gasteiger partial charge on any atom is 0.303 e. The molecule has 0 aromatic heterocycles. The number of likely N-dealkylation sites (tertiary alicyclic amines) is 1. The number of piperidine rings is 1. The molecule has 2 heterocycles. The number of hydrogen-bond donors (Lipinski definition) is 3. The molecule has 16 nitrogen and oxygen atoms in total. The first kappa shape index (κ1) is 36.3. The Morgan fingerprint density at radius 1 is 0.837 bits per heavy atom. The lowest BCUT2D eigenvalue weighted by Gasteiger charge is -2.44. The minimum absolute atomic E-state index is 0.0315. The predicted molar refractivity (Wildman–Crippen MR) is 144 cm³/mol. The molecule has 0 aromatic rings. The largest absolute Gasteiger partial charge is 0.463 e. The summed E-state index contributed by atoms with van der Waals surface area (Å²) in [5.41, 5.74) is -0.549. The third-order valence-electron chi connectivity index (χ3n) is 7.03. The van der Waals surface area contributed by atoms with Crippen molar-refractivity contribution < 1.29 is 67.3 Å². The number of aliphatic hydroxyl groups is 2. The molecule has 2 aliphatic heterocycles. The van der Waals surface area contributed by atoms with E-state index in [0.29, 0.717) is 25.9 Å². The highest BCUT2D eigenvalue weighted by Crippen LogP contribution is 2.30. The van der Waals surface area contributed by atoms with Crippen molar-refractivity contribution >= 4 is 29.7 Å². The van der Waals surface area contributed by atoms with Gasteiger partial charge in [-0.3, -0.25) is 24.0 Å². The maximum atomic E-state index is 12.4. The highest BCUT2D eigenvalue weighted by Gasteiger charge is 2.51. The van der Waals surface area contributed by atoms with Crippen molar-refractivity contribution in [3.05, 3.63) is 0 Å². The van der Waals surface area contributed by atoms with E-state index >= 15 is 0 Å². The number of hydrogen-bond acceptors (Lipinski definition) is 14. The van der Waals surface area contributed by atoms with E-state index < -0.39 is 59.9 Å². The van der Waals surface area contributed by atoms with Gasteiger partial charge in [0.15, 0.2) is 18.5 Å². The van der Waals surface area contributed by atoms with E-state index in [1.807, 2.05) is 0 Å². The van der Waals surface area contributed by atoms with Crippen LogP contribution in [0.4, 0.5) is 0 Å². The minimum Gasteiger partial charge on any atom is -0.463 e. The van der Waals surface area contributed by atoms with E-state index in [2.05, 4.69) is 5.32 Å². The van der Waals surface area contributed by atoms with Gasteiger partial charge in [-0.05, 0) is 12.8 Å². The van der Waals surface area contributed by atoms with Crippen molar-refractivity contribution in [2.75, 3.05) is 65.9 Å². The molecule has 0 aliphatic carbocycles. The number of nitrogens with zero attached hydrogens (tertiary/aromatic N) is 1. The average molecular weight is 621 g/mol. The van der Waals surface area contributed by atoms with Crippen LogP contribution in [0.2, 0.25) is 0 Å². The first-order chi connectivity index (χ1) is 20.4. The van der Waals surface area contributed by atoms with Gasteiger partial charge in [-0.2, -0.15) is 0 Å². The van der Waals surface area contributed by atoms with Crippen LogP contribution in [0, 0.1) is 5.41 Å². The number of ether oxygens (including phenoxy) is 7. The van der Waals surface area contributed by atoms with Gasteiger partial charge in [-0.25, -0.2) is 0 Å². The average Bonchev–Trinajstić information content (AvgIpc) is 2.95. The molecule has 0 aromatic carbocycles. The SMILES string of the molecule is CC(=O)NC1C(OCCOCCOCC(=O)N2CCC(CO)(CO)CC2)OC(COC(C)=O)C(OC(C)=O)C1OC(C)=O. The summed E-state index contributed by atoms with van der Waals surface area (Å²) in [7, 11) is 0. The van der Waals surface area contributed by atoms with E-state index in [-0.39, 0.29) is 58.8 Å². The molecule has 43 heavy (non-hydrogen) atoms. The second-order valence-corrected chi connectivity index (χ2v) is 10.5. The van der Waals surface area contributed by atoms with Crippen molar-refractivity contribution in [1.29, 1.82) is 0 Å². The lowest BCUT2D eigenvalue weighted by Crippen LogP contribution is -2.66. The summed E-state index contributed by atoms with van der Waals surface area (Å²) in [4.78, 5) is 61.1. The molecule has 5 unspecified atom stereocenters. The molecule has 2 fully saturated rings. The number of carbonyl (C=O) groups is 5. The highest BCUT2D eigenvalue weighted by atomic mass is 16.7. The van der Waals surface area contributed by atoms with Crippen LogP contribution in [-0.2, 0) is 57.1 Å². The van der Waals surface area contributed by atoms with Crippen LogP contribution < -0.4 is 5.32 Å². The lowest BCUT2D eigenvalue weighted by molar-refractivity contribution is -0.279. The molecule has 0 radical (unpaired) electrons. The molecule has 2 amide bonds. The number of amides is 2. The normalized spacial score (nSPS) is 25.0. The van der Waals surface area contributed by atoms with Crippen LogP contribution in [0.15, 0.2) is 0 Å². The van der Waals surface area contributed by atoms with Gasteiger partial charge in [0, 0.05) is 46.2 Å². The molecule has 16 heteroatoms. The van der Waals surface area contributed by atoms with E-state index in [4.69, 9.17) is 33.2 Å². The second kappa shape index (κ2) is 18.0. The fourth-order valence-electron chi connectivity index (χ4n) is 4.72. The molecule has 0 spiro atoms. The first-order valence-corrected chi connectivity index (χ1v) is 14.1. The van der Waals surface area contributed by atoms with Crippen molar-refractivity contribution in [2.45, 2.75) is 71.2 Å². The van der Waals surface area contributed by atoms with Crippen molar-refractivity contribution in [2.24, 2.45) is 5.41 Å². The standard InChI is InChI=1S/C27H44N2O14/c1-17(32)28-23-25(42-20(4)35)24(41-19(3)34)21(13-40-18(2)33)43-26(23)39-12-11-37-9-10-38-14-22(36)29-7-5-27(15-30,16-31)6-8-29/h21,23-26,30-31H,5-16H2,1-4H3,(H,28,32). The summed E-state index contributed by atoms with van der Waals surface area (Å²) in [5, 5.41) is 21.6. The fraction of sp³-hybridized carbons (Fsp3) is 0.815. The zero-order chi connectivity index (χ0) is 32.0. The molecule has 2 aliphatic rings. The highest BCUT2D eigenvalue weighted by molar-refractivity contribution is 5.77. The number of nitrogens with one attached hydrogen (secondary N) is 1.